The lowest BCUT2D eigenvalue weighted by molar-refractivity contribution is 0.543. The average Bonchev–Trinajstić information content (AvgIpc) is 2.25. The molecule has 0 saturated heterocycles. The summed E-state index contributed by atoms with van der Waals surface area (Å²) in [5.74, 6) is 0. The van der Waals surface area contributed by atoms with E-state index in [2.05, 4.69) is 36.3 Å². The quantitative estimate of drug-likeness (QED) is 0.701. The van der Waals surface area contributed by atoms with Gasteiger partial charge in [0.1, 0.15) is 0 Å². The monoisotopic (exact) mass is 192 g/mol. The molecule has 0 unspecified atom stereocenters. The molecule has 1 N–H and O–H groups in total. The minimum Gasteiger partial charge on any atom is -0.310 e. The molecule has 1 rings (SSSR count). The van der Waals surface area contributed by atoms with E-state index in [4.69, 9.17) is 0 Å². The van der Waals surface area contributed by atoms with Crippen LogP contribution in [0.15, 0.2) is 24.5 Å². The zero-order valence-electron chi connectivity index (χ0n) is 9.16. The van der Waals surface area contributed by atoms with Crippen LogP contribution in [0.5, 0.6) is 0 Å². The van der Waals surface area contributed by atoms with Crippen molar-refractivity contribution in [3.05, 3.63) is 30.1 Å². The fourth-order valence-electron chi connectivity index (χ4n) is 1.46. The van der Waals surface area contributed by atoms with E-state index in [9.17, 15) is 0 Å². The molecular weight excluding hydrogens is 172 g/mol. The number of unbranched alkanes of at least 4 members (excludes halogenated alkanes) is 2. The number of pyridine rings is 1. The zero-order valence-corrected chi connectivity index (χ0v) is 9.16. The molecule has 0 saturated carbocycles. The van der Waals surface area contributed by atoms with E-state index in [-0.39, 0.29) is 0 Å². The van der Waals surface area contributed by atoms with Crippen molar-refractivity contribution in [1.82, 2.24) is 10.3 Å². The van der Waals surface area contributed by atoms with Crippen molar-refractivity contribution in [2.24, 2.45) is 0 Å². The van der Waals surface area contributed by atoms with Gasteiger partial charge in [0.2, 0.25) is 0 Å². The van der Waals surface area contributed by atoms with Gasteiger partial charge in [-0.3, -0.25) is 4.98 Å². The topological polar surface area (TPSA) is 24.9 Å². The molecule has 0 spiro atoms. The van der Waals surface area contributed by atoms with Gasteiger partial charge in [-0.15, -0.1) is 0 Å². The molecule has 2 heteroatoms. The Morgan fingerprint density at radius 1 is 1.29 bits per heavy atom. The minimum absolute atomic E-state index is 0.440. The fourth-order valence-corrected chi connectivity index (χ4v) is 1.46. The molecule has 1 aromatic heterocycles. The summed E-state index contributed by atoms with van der Waals surface area (Å²) in [7, 11) is 0. The summed E-state index contributed by atoms with van der Waals surface area (Å²) in [5, 5.41) is 3.51. The van der Waals surface area contributed by atoms with Gasteiger partial charge in [0.05, 0.1) is 0 Å². The van der Waals surface area contributed by atoms with Crippen LogP contribution in [0, 0.1) is 0 Å². The molecule has 1 heterocycles. The second-order valence-electron chi connectivity index (χ2n) is 3.66. The van der Waals surface area contributed by atoms with Gasteiger partial charge >= 0.3 is 0 Å². The van der Waals surface area contributed by atoms with Crippen molar-refractivity contribution in [2.45, 2.75) is 39.2 Å². The number of nitrogens with one attached hydrogen (secondary N) is 1. The van der Waals surface area contributed by atoms with Crippen molar-refractivity contribution in [3.63, 3.8) is 0 Å². The first-order valence-electron chi connectivity index (χ1n) is 5.48. The maximum absolute atomic E-state index is 4.01. The predicted molar refractivity (Wildman–Crippen MR) is 60.2 cm³/mol. The van der Waals surface area contributed by atoms with Crippen LogP contribution in [0.25, 0.3) is 0 Å². The highest BCUT2D eigenvalue weighted by Gasteiger charge is 2.02. The molecule has 0 aromatic carbocycles. The van der Waals surface area contributed by atoms with Crippen molar-refractivity contribution in [3.8, 4) is 0 Å². The van der Waals surface area contributed by atoms with Gasteiger partial charge in [0, 0.05) is 18.4 Å². The van der Waals surface area contributed by atoms with Crippen LogP contribution < -0.4 is 5.32 Å². The molecule has 1 aromatic rings. The summed E-state index contributed by atoms with van der Waals surface area (Å²) in [6, 6.07) is 4.57. The standard InChI is InChI=1S/C12H20N2/c1-3-4-5-8-14-11(2)12-6-9-13-10-7-12/h6-7,9-11,14H,3-5,8H2,1-2H3/t11-/m1/s1. The first kappa shape index (κ1) is 11.2. The predicted octanol–water partition coefficient (Wildman–Crippen LogP) is 2.92. The highest BCUT2D eigenvalue weighted by molar-refractivity contribution is 5.13. The molecule has 1 atom stereocenters. The molecular formula is C12H20N2. The van der Waals surface area contributed by atoms with E-state index in [1.54, 1.807) is 0 Å². The highest BCUT2D eigenvalue weighted by atomic mass is 14.9. The second-order valence-corrected chi connectivity index (χ2v) is 3.66. The Bertz CT molecular complexity index is 233. The van der Waals surface area contributed by atoms with Crippen LogP contribution in [0.1, 0.15) is 44.7 Å². The molecule has 0 radical (unpaired) electrons. The maximum atomic E-state index is 4.01. The first-order valence-corrected chi connectivity index (χ1v) is 5.48. The lowest BCUT2D eigenvalue weighted by Crippen LogP contribution is -2.19. The largest absolute Gasteiger partial charge is 0.310 e. The number of hydrogen-bond donors (Lipinski definition) is 1. The number of aromatic nitrogens is 1. The second kappa shape index (κ2) is 6.55. The van der Waals surface area contributed by atoms with E-state index in [0.717, 1.165) is 6.54 Å². The molecule has 0 bridgehead atoms. The van der Waals surface area contributed by atoms with Crippen LogP contribution >= 0.6 is 0 Å². The molecule has 0 aliphatic rings. The SMILES string of the molecule is CCCCCN[C@H](C)c1ccncc1. The van der Waals surface area contributed by atoms with E-state index < -0.39 is 0 Å². The summed E-state index contributed by atoms with van der Waals surface area (Å²) in [4.78, 5) is 4.01. The van der Waals surface area contributed by atoms with Gasteiger partial charge in [-0.1, -0.05) is 19.8 Å². The van der Waals surface area contributed by atoms with Crippen LogP contribution in [0.3, 0.4) is 0 Å². The normalized spacial score (nSPS) is 12.7. The maximum Gasteiger partial charge on any atom is 0.0292 e. The highest BCUT2D eigenvalue weighted by Crippen LogP contribution is 2.09. The van der Waals surface area contributed by atoms with Gasteiger partial charge in [-0.05, 0) is 37.6 Å². The van der Waals surface area contributed by atoms with Crippen LogP contribution in [-0.4, -0.2) is 11.5 Å². The zero-order chi connectivity index (χ0) is 10.2. The van der Waals surface area contributed by atoms with Gasteiger partial charge in [-0.2, -0.15) is 0 Å². The number of rotatable bonds is 6. The number of hydrogen-bond acceptors (Lipinski definition) is 2. The summed E-state index contributed by atoms with van der Waals surface area (Å²) in [6.07, 6.45) is 7.56. The van der Waals surface area contributed by atoms with Crippen LogP contribution in [-0.2, 0) is 0 Å². The van der Waals surface area contributed by atoms with Crippen LogP contribution in [0.2, 0.25) is 0 Å². The molecule has 0 aliphatic carbocycles. The Morgan fingerprint density at radius 2 is 2.00 bits per heavy atom. The van der Waals surface area contributed by atoms with Crippen molar-refractivity contribution in [2.75, 3.05) is 6.54 Å². The molecule has 14 heavy (non-hydrogen) atoms. The first-order chi connectivity index (χ1) is 6.84. The van der Waals surface area contributed by atoms with E-state index in [0.29, 0.717) is 6.04 Å². The van der Waals surface area contributed by atoms with E-state index in [1.165, 1.54) is 24.8 Å². The van der Waals surface area contributed by atoms with Gasteiger partial charge in [0.15, 0.2) is 0 Å². The Balaban J connectivity index is 2.25. The molecule has 2 nitrogen and oxygen atoms in total. The van der Waals surface area contributed by atoms with E-state index in [1.807, 2.05) is 12.4 Å². The average molecular weight is 192 g/mol. The van der Waals surface area contributed by atoms with Crippen LogP contribution in [0.4, 0.5) is 0 Å². The third-order valence-electron chi connectivity index (χ3n) is 2.44. The molecule has 0 fully saturated rings. The van der Waals surface area contributed by atoms with E-state index >= 15 is 0 Å². The lowest BCUT2D eigenvalue weighted by atomic mass is 10.1. The summed E-state index contributed by atoms with van der Waals surface area (Å²) >= 11 is 0. The summed E-state index contributed by atoms with van der Waals surface area (Å²) in [5.41, 5.74) is 1.32. The fraction of sp³-hybridized carbons (Fsp3) is 0.583. The third kappa shape index (κ3) is 3.88. The smallest absolute Gasteiger partial charge is 0.0292 e. The summed E-state index contributed by atoms with van der Waals surface area (Å²) < 4.78 is 0. The van der Waals surface area contributed by atoms with Gasteiger partial charge < -0.3 is 5.32 Å². The Morgan fingerprint density at radius 3 is 2.64 bits per heavy atom. The Hall–Kier alpha value is -0.890. The Labute approximate surface area is 86.8 Å². The molecule has 78 valence electrons. The lowest BCUT2D eigenvalue weighted by Gasteiger charge is -2.13. The third-order valence-corrected chi connectivity index (χ3v) is 2.44. The van der Waals surface area contributed by atoms with Gasteiger partial charge in [-0.25, -0.2) is 0 Å². The Kier molecular flexibility index (Phi) is 5.23. The molecule has 0 amide bonds. The number of nitrogens with zero attached hydrogens (tertiary/aromatic N) is 1. The van der Waals surface area contributed by atoms with Crippen molar-refractivity contribution in [1.29, 1.82) is 0 Å². The van der Waals surface area contributed by atoms with Crippen molar-refractivity contribution >= 4 is 0 Å². The van der Waals surface area contributed by atoms with Crippen molar-refractivity contribution < 1.29 is 0 Å². The van der Waals surface area contributed by atoms with Gasteiger partial charge in [0.25, 0.3) is 0 Å². The summed E-state index contributed by atoms with van der Waals surface area (Å²) in [6.45, 7) is 5.53. The molecule has 0 aliphatic heterocycles. The minimum atomic E-state index is 0.440.